The second-order valence-corrected chi connectivity index (χ2v) is 5.17. The van der Waals surface area contributed by atoms with Crippen molar-refractivity contribution in [3.05, 3.63) is 0 Å². The third-order valence-corrected chi connectivity index (χ3v) is 3.27. The van der Waals surface area contributed by atoms with Gasteiger partial charge in [-0.15, -0.1) is 0 Å². The molecule has 0 radical (unpaired) electrons. The number of hydrazine groups is 1. The zero-order valence-electron chi connectivity index (χ0n) is 11.3. The summed E-state index contributed by atoms with van der Waals surface area (Å²) in [6.45, 7) is 4.84. The Balaban J connectivity index is 2.55. The normalized spacial score (nSPS) is 22.0. The molecule has 1 atom stereocenters. The molecule has 0 aromatic rings. The number of rotatable bonds is 4. The maximum Gasteiger partial charge on any atom is 0.206 e. The number of methoxy groups -OCH3 is 1. The first kappa shape index (κ1) is 14.3. The maximum absolute atomic E-state index is 5.51. The van der Waals surface area contributed by atoms with Crippen molar-refractivity contribution < 1.29 is 4.74 Å². The number of nitrogens with one attached hydrogen (secondary N) is 2. The number of hydrogen-bond acceptors (Lipinski definition) is 3. The third kappa shape index (κ3) is 4.91. The van der Waals surface area contributed by atoms with Crippen LogP contribution in [0.25, 0.3) is 0 Å². The molecule has 100 valence electrons. The SMILES string of the molecule is COCC(C)N=C(NN)NC1(C)CCCCC1. The van der Waals surface area contributed by atoms with Crippen LogP contribution in [0.1, 0.15) is 46.0 Å². The van der Waals surface area contributed by atoms with Crippen LogP contribution in [0.3, 0.4) is 0 Å². The monoisotopic (exact) mass is 242 g/mol. The summed E-state index contributed by atoms with van der Waals surface area (Å²) < 4.78 is 5.06. The number of aliphatic imine (C=N–C) groups is 1. The fourth-order valence-corrected chi connectivity index (χ4v) is 2.35. The molecule has 1 fully saturated rings. The van der Waals surface area contributed by atoms with Gasteiger partial charge in [0.25, 0.3) is 0 Å². The van der Waals surface area contributed by atoms with E-state index in [1.54, 1.807) is 7.11 Å². The fraction of sp³-hybridized carbons (Fsp3) is 0.917. The first-order valence-corrected chi connectivity index (χ1v) is 6.41. The van der Waals surface area contributed by atoms with E-state index in [1.807, 2.05) is 6.92 Å². The molecule has 1 saturated carbocycles. The third-order valence-electron chi connectivity index (χ3n) is 3.27. The van der Waals surface area contributed by atoms with E-state index in [0.29, 0.717) is 12.6 Å². The number of hydrogen-bond donors (Lipinski definition) is 3. The number of nitrogens with two attached hydrogens (primary N) is 1. The predicted molar refractivity (Wildman–Crippen MR) is 70.7 cm³/mol. The Morgan fingerprint density at radius 3 is 2.59 bits per heavy atom. The zero-order chi connectivity index (χ0) is 12.7. The van der Waals surface area contributed by atoms with E-state index in [0.717, 1.165) is 0 Å². The van der Waals surface area contributed by atoms with Crippen LogP contribution in [0.15, 0.2) is 4.99 Å². The molecule has 0 spiro atoms. The summed E-state index contributed by atoms with van der Waals surface area (Å²) in [6.07, 6.45) is 6.22. The van der Waals surface area contributed by atoms with Gasteiger partial charge in [0, 0.05) is 12.6 Å². The van der Waals surface area contributed by atoms with E-state index < -0.39 is 0 Å². The highest BCUT2D eigenvalue weighted by atomic mass is 16.5. The lowest BCUT2D eigenvalue weighted by molar-refractivity contribution is 0.185. The molecule has 0 aromatic carbocycles. The molecule has 0 amide bonds. The molecule has 0 bridgehead atoms. The van der Waals surface area contributed by atoms with Gasteiger partial charge in [-0.25, -0.2) is 10.8 Å². The molecule has 17 heavy (non-hydrogen) atoms. The van der Waals surface area contributed by atoms with Gasteiger partial charge in [0.15, 0.2) is 0 Å². The average Bonchev–Trinajstić information content (AvgIpc) is 2.29. The van der Waals surface area contributed by atoms with Crippen LogP contribution < -0.4 is 16.6 Å². The highest BCUT2D eigenvalue weighted by Gasteiger charge is 2.27. The Bertz CT molecular complexity index is 249. The van der Waals surface area contributed by atoms with Crippen molar-refractivity contribution >= 4 is 5.96 Å². The van der Waals surface area contributed by atoms with Crippen LogP contribution >= 0.6 is 0 Å². The van der Waals surface area contributed by atoms with Gasteiger partial charge in [-0.05, 0) is 26.7 Å². The van der Waals surface area contributed by atoms with Gasteiger partial charge in [-0.3, -0.25) is 5.43 Å². The van der Waals surface area contributed by atoms with Crippen LogP contribution in [0.4, 0.5) is 0 Å². The smallest absolute Gasteiger partial charge is 0.206 e. The van der Waals surface area contributed by atoms with Gasteiger partial charge in [0.1, 0.15) is 0 Å². The summed E-state index contributed by atoms with van der Waals surface area (Å²) in [6, 6.07) is 0.103. The first-order chi connectivity index (χ1) is 8.09. The van der Waals surface area contributed by atoms with Crippen molar-refractivity contribution in [2.24, 2.45) is 10.8 Å². The molecule has 1 aliphatic rings. The summed E-state index contributed by atoms with van der Waals surface area (Å²) in [5.41, 5.74) is 2.77. The summed E-state index contributed by atoms with van der Waals surface area (Å²) >= 11 is 0. The van der Waals surface area contributed by atoms with Crippen molar-refractivity contribution in [3.63, 3.8) is 0 Å². The van der Waals surface area contributed by atoms with Crippen molar-refractivity contribution in [2.45, 2.75) is 57.5 Å². The highest BCUT2D eigenvalue weighted by Crippen LogP contribution is 2.27. The van der Waals surface area contributed by atoms with E-state index in [1.165, 1.54) is 32.1 Å². The van der Waals surface area contributed by atoms with Crippen LogP contribution in [0.5, 0.6) is 0 Å². The molecule has 4 N–H and O–H groups in total. The molecular weight excluding hydrogens is 216 g/mol. The summed E-state index contributed by atoms with van der Waals surface area (Å²) in [5, 5.41) is 3.43. The van der Waals surface area contributed by atoms with Gasteiger partial charge in [-0.2, -0.15) is 0 Å². The van der Waals surface area contributed by atoms with Crippen LogP contribution in [0, 0.1) is 0 Å². The van der Waals surface area contributed by atoms with Crippen LogP contribution in [0.2, 0.25) is 0 Å². The van der Waals surface area contributed by atoms with E-state index >= 15 is 0 Å². The number of ether oxygens (including phenoxy) is 1. The summed E-state index contributed by atoms with van der Waals surface area (Å²) in [5.74, 6) is 6.17. The Hall–Kier alpha value is -0.810. The summed E-state index contributed by atoms with van der Waals surface area (Å²) in [7, 11) is 1.68. The van der Waals surface area contributed by atoms with E-state index in [4.69, 9.17) is 10.6 Å². The molecule has 0 saturated heterocycles. The Labute approximate surface area is 104 Å². The molecule has 1 unspecified atom stereocenters. The van der Waals surface area contributed by atoms with Gasteiger partial charge in [0.05, 0.1) is 12.6 Å². The molecule has 0 aromatic heterocycles. The van der Waals surface area contributed by atoms with Gasteiger partial charge >= 0.3 is 0 Å². The van der Waals surface area contributed by atoms with Gasteiger partial charge < -0.3 is 10.1 Å². The topological polar surface area (TPSA) is 71.7 Å². The number of nitrogens with zero attached hydrogens (tertiary/aromatic N) is 1. The first-order valence-electron chi connectivity index (χ1n) is 6.41. The zero-order valence-corrected chi connectivity index (χ0v) is 11.3. The molecule has 0 heterocycles. The number of guanidine groups is 1. The average molecular weight is 242 g/mol. The standard InChI is InChI=1S/C12H26N4O/c1-10(9-17-3)14-11(16-13)15-12(2)7-5-4-6-8-12/h10H,4-9,13H2,1-3H3,(H2,14,15,16). The lowest BCUT2D eigenvalue weighted by Crippen LogP contribution is -2.54. The second-order valence-electron chi connectivity index (χ2n) is 5.17. The Morgan fingerprint density at radius 2 is 2.06 bits per heavy atom. The van der Waals surface area contributed by atoms with E-state index in [9.17, 15) is 0 Å². The molecule has 1 rings (SSSR count). The quantitative estimate of drug-likeness (QED) is 0.299. The van der Waals surface area contributed by atoms with Crippen molar-refractivity contribution in [3.8, 4) is 0 Å². The van der Waals surface area contributed by atoms with Gasteiger partial charge in [-0.1, -0.05) is 19.3 Å². The van der Waals surface area contributed by atoms with Crippen LogP contribution in [-0.4, -0.2) is 31.3 Å². The molecule has 5 nitrogen and oxygen atoms in total. The maximum atomic E-state index is 5.51. The van der Waals surface area contributed by atoms with Crippen molar-refractivity contribution in [1.82, 2.24) is 10.7 Å². The molecule has 1 aliphatic carbocycles. The minimum atomic E-state index is 0.103. The minimum absolute atomic E-state index is 0.103. The van der Waals surface area contributed by atoms with Gasteiger partial charge in [0.2, 0.25) is 5.96 Å². The lowest BCUT2D eigenvalue weighted by Gasteiger charge is -2.35. The molecular formula is C12H26N4O. The Kier molecular flexibility index (Phi) is 5.71. The fourth-order valence-electron chi connectivity index (χ4n) is 2.35. The highest BCUT2D eigenvalue weighted by molar-refractivity contribution is 5.80. The van der Waals surface area contributed by atoms with E-state index in [2.05, 4.69) is 22.7 Å². The minimum Gasteiger partial charge on any atom is -0.382 e. The lowest BCUT2D eigenvalue weighted by atomic mass is 9.83. The Morgan fingerprint density at radius 1 is 1.41 bits per heavy atom. The molecule has 5 heteroatoms. The van der Waals surface area contributed by atoms with Crippen molar-refractivity contribution in [1.29, 1.82) is 0 Å². The van der Waals surface area contributed by atoms with Crippen molar-refractivity contribution in [2.75, 3.05) is 13.7 Å². The van der Waals surface area contributed by atoms with E-state index in [-0.39, 0.29) is 11.6 Å². The summed E-state index contributed by atoms with van der Waals surface area (Å²) in [4.78, 5) is 4.47. The second kappa shape index (κ2) is 6.81. The van der Waals surface area contributed by atoms with Crippen LogP contribution in [-0.2, 0) is 4.74 Å². The predicted octanol–water partition coefficient (Wildman–Crippen LogP) is 1.15. The largest absolute Gasteiger partial charge is 0.382 e. The molecule has 0 aliphatic heterocycles.